The van der Waals surface area contributed by atoms with Crippen LogP contribution in [0.5, 0.6) is 0 Å². The molecule has 0 aliphatic heterocycles. The SMILES string of the molecule is NCCn1c(-c2cccc(Br)c2)cc(=O)[nH]c1=S. The fraction of sp³-hybridized carbons (Fsp3) is 0.167. The lowest BCUT2D eigenvalue weighted by molar-refractivity contribution is 0.681. The second kappa shape index (κ2) is 5.60. The Balaban J connectivity index is 2.69. The van der Waals surface area contributed by atoms with Crippen molar-refractivity contribution < 1.29 is 0 Å². The third-order valence-corrected chi connectivity index (χ3v) is 3.32. The van der Waals surface area contributed by atoms with Crippen LogP contribution in [0.2, 0.25) is 0 Å². The minimum atomic E-state index is -0.205. The topological polar surface area (TPSA) is 63.8 Å². The fourth-order valence-electron chi connectivity index (χ4n) is 1.76. The van der Waals surface area contributed by atoms with E-state index in [0.717, 1.165) is 15.7 Å². The minimum Gasteiger partial charge on any atom is -0.329 e. The van der Waals surface area contributed by atoms with Crippen molar-refractivity contribution in [3.63, 3.8) is 0 Å². The highest BCUT2D eigenvalue weighted by Gasteiger charge is 2.06. The molecule has 0 radical (unpaired) electrons. The van der Waals surface area contributed by atoms with Crippen molar-refractivity contribution in [1.29, 1.82) is 0 Å². The zero-order valence-electron chi connectivity index (χ0n) is 9.52. The van der Waals surface area contributed by atoms with Crippen LogP contribution < -0.4 is 11.3 Å². The van der Waals surface area contributed by atoms with Crippen molar-refractivity contribution in [3.05, 3.63) is 49.9 Å². The molecule has 1 heterocycles. The number of halogens is 1. The van der Waals surface area contributed by atoms with E-state index in [1.807, 2.05) is 28.8 Å². The lowest BCUT2D eigenvalue weighted by atomic mass is 10.1. The van der Waals surface area contributed by atoms with Crippen LogP contribution >= 0.6 is 28.1 Å². The zero-order chi connectivity index (χ0) is 13.1. The van der Waals surface area contributed by atoms with Gasteiger partial charge >= 0.3 is 0 Å². The molecule has 94 valence electrons. The molecule has 18 heavy (non-hydrogen) atoms. The number of nitrogens with two attached hydrogens (primary N) is 1. The molecule has 0 amide bonds. The first-order valence-corrected chi connectivity index (χ1v) is 6.62. The van der Waals surface area contributed by atoms with Crippen LogP contribution in [0, 0.1) is 4.77 Å². The van der Waals surface area contributed by atoms with E-state index in [1.165, 1.54) is 6.07 Å². The third kappa shape index (κ3) is 2.77. The van der Waals surface area contributed by atoms with Gasteiger partial charge in [-0.15, -0.1) is 0 Å². The van der Waals surface area contributed by atoms with Gasteiger partial charge in [-0.25, -0.2) is 0 Å². The molecular weight excluding hydrogens is 314 g/mol. The molecule has 0 saturated heterocycles. The number of rotatable bonds is 3. The Hall–Kier alpha value is -1.24. The van der Waals surface area contributed by atoms with Crippen LogP contribution in [-0.4, -0.2) is 16.1 Å². The number of hydrogen-bond acceptors (Lipinski definition) is 3. The van der Waals surface area contributed by atoms with Crippen molar-refractivity contribution in [1.82, 2.24) is 9.55 Å². The summed E-state index contributed by atoms with van der Waals surface area (Å²) in [7, 11) is 0. The summed E-state index contributed by atoms with van der Waals surface area (Å²) in [5.74, 6) is 0. The number of nitrogens with zero attached hydrogens (tertiary/aromatic N) is 1. The van der Waals surface area contributed by atoms with Gasteiger partial charge in [0, 0.05) is 23.6 Å². The molecule has 6 heteroatoms. The Kier molecular flexibility index (Phi) is 4.11. The average molecular weight is 326 g/mol. The first-order valence-electron chi connectivity index (χ1n) is 5.42. The predicted octanol–water partition coefficient (Wildman–Crippen LogP) is 2.29. The molecular formula is C12H12BrN3OS. The van der Waals surface area contributed by atoms with Gasteiger partial charge in [0.25, 0.3) is 5.56 Å². The quantitative estimate of drug-likeness (QED) is 0.851. The van der Waals surface area contributed by atoms with Crippen LogP contribution in [0.4, 0.5) is 0 Å². The molecule has 0 unspecified atom stereocenters. The fourth-order valence-corrected chi connectivity index (χ4v) is 2.45. The molecule has 1 aromatic carbocycles. The standard InChI is InChI=1S/C12H12BrN3OS/c13-9-3-1-2-8(6-9)10-7-11(17)15-12(18)16(10)5-4-14/h1-3,6-7H,4-5,14H2,(H,15,17,18). The normalized spacial score (nSPS) is 10.6. The van der Waals surface area contributed by atoms with Crippen LogP contribution in [0.25, 0.3) is 11.3 Å². The number of aromatic nitrogens is 2. The molecule has 0 fully saturated rings. The summed E-state index contributed by atoms with van der Waals surface area (Å²) in [6, 6.07) is 9.25. The molecule has 2 rings (SSSR count). The Labute approximate surface area is 118 Å². The highest BCUT2D eigenvalue weighted by molar-refractivity contribution is 9.10. The molecule has 0 spiro atoms. The van der Waals surface area contributed by atoms with Crippen LogP contribution in [0.3, 0.4) is 0 Å². The van der Waals surface area contributed by atoms with Crippen LogP contribution in [0.15, 0.2) is 39.6 Å². The van der Waals surface area contributed by atoms with E-state index in [0.29, 0.717) is 17.9 Å². The Morgan fingerprint density at radius 1 is 1.39 bits per heavy atom. The highest BCUT2D eigenvalue weighted by atomic mass is 79.9. The molecule has 2 aromatic rings. The molecule has 0 aliphatic carbocycles. The van der Waals surface area contributed by atoms with E-state index >= 15 is 0 Å². The van der Waals surface area contributed by atoms with Gasteiger partial charge in [0.15, 0.2) is 4.77 Å². The zero-order valence-corrected chi connectivity index (χ0v) is 11.9. The summed E-state index contributed by atoms with van der Waals surface area (Å²) in [5, 5.41) is 0. The number of hydrogen-bond donors (Lipinski definition) is 2. The van der Waals surface area contributed by atoms with E-state index in [9.17, 15) is 4.79 Å². The Morgan fingerprint density at radius 3 is 2.83 bits per heavy atom. The van der Waals surface area contributed by atoms with Crippen molar-refractivity contribution >= 4 is 28.1 Å². The lowest BCUT2D eigenvalue weighted by Gasteiger charge is -2.12. The van der Waals surface area contributed by atoms with Gasteiger partial charge in [-0.3, -0.25) is 9.78 Å². The van der Waals surface area contributed by atoms with Gasteiger partial charge in [0.1, 0.15) is 0 Å². The summed E-state index contributed by atoms with van der Waals surface area (Å²) >= 11 is 8.58. The van der Waals surface area contributed by atoms with Crippen molar-refractivity contribution in [2.75, 3.05) is 6.54 Å². The van der Waals surface area contributed by atoms with Gasteiger partial charge in [-0.1, -0.05) is 28.1 Å². The highest BCUT2D eigenvalue weighted by Crippen LogP contribution is 2.21. The van der Waals surface area contributed by atoms with Crippen LogP contribution in [0.1, 0.15) is 0 Å². The first kappa shape index (κ1) is 13.2. The van der Waals surface area contributed by atoms with Crippen molar-refractivity contribution in [2.45, 2.75) is 6.54 Å². The molecule has 0 aliphatic rings. The smallest absolute Gasteiger partial charge is 0.252 e. The summed E-state index contributed by atoms with van der Waals surface area (Å²) in [4.78, 5) is 14.2. The van der Waals surface area contributed by atoms with E-state index in [4.69, 9.17) is 18.0 Å². The van der Waals surface area contributed by atoms with Gasteiger partial charge in [-0.2, -0.15) is 0 Å². The lowest BCUT2D eigenvalue weighted by Crippen LogP contribution is -2.18. The van der Waals surface area contributed by atoms with E-state index in [1.54, 1.807) is 0 Å². The van der Waals surface area contributed by atoms with Gasteiger partial charge < -0.3 is 10.3 Å². The van der Waals surface area contributed by atoms with Gasteiger partial charge in [0.2, 0.25) is 0 Å². The van der Waals surface area contributed by atoms with Crippen molar-refractivity contribution in [3.8, 4) is 11.3 Å². The maximum atomic E-state index is 11.5. The van der Waals surface area contributed by atoms with Gasteiger partial charge in [-0.05, 0) is 29.9 Å². The van der Waals surface area contributed by atoms with Crippen molar-refractivity contribution in [2.24, 2.45) is 5.73 Å². The summed E-state index contributed by atoms with van der Waals surface area (Å²) in [5.41, 5.74) is 7.07. The Bertz CT molecular complexity index is 678. The Morgan fingerprint density at radius 2 is 2.17 bits per heavy atom. The number of nitrogens with one attached hydrogen (secondary N) is 1. The van der Waals surface area contributed by atoms with E-state index in [2.05, 4.69) is 20.9 Å². The first-order chi connectivity index (χ1) is 8.61. The number of H-pyrrole nitrogens is 1. The molecule has 0 bridgehead atoms. The van der Waals surface area contributed by atoms with E-state index < -0.39 is 0 Å². The maximum absolute atomic E-state index is 11.5. The predicted molar refractivity (Wildman–Crippen MR) is 78.1 cm³/mol. The third-order valence-electron chi connectivity index (χ3n) is 2.51. The second-order valence-corrected chi connectivity index (χ2v) is 5.08. The number of aromatic amines is 1. The largest absolute Gasteiger partial charge is 0.329 e. The number of benzene rings is 1. The summed E-state index contributed by atoms with van der Waals surface area (Å²) in [6.45, 7) is 1.03. The second-order valence-electron chi connectivity index (χ2n) is 3.77. The minimum absolute atomic E-state index is 0.205. The maximum Gasteiger partial charge on any atom is 0.252 e. The van der Waals surface area contributed by atoms with E-state index in [-0.39, 0.29) is 5.56 Å². The monoisotopic (exact) mass is 325 g/mol. The summed E-state index contributed by atoms with van der Waals surface area (Å²) in [6.07, 6.45) is 0. The molecule has 3 N–H and O–H groups in total. The molecule has 0 saturated carbocycles. The molecule has 4 nitrogen and oxygen atoms in total. The molecule has 1 aromatic heterocycles. The summed E-state index contributed by atoms with van der Waals surface area (Å²) < 4.78 is 3.17. The average Bonchev–Trinajstić information content (AvgIpc) is 2.32. The van der Waals surface area contributed by atoms with Crippen LogP contribution in [-0.2, 0) is 6.54 Å². The van der Waals surface area contributed by atoms with Gasteiger partial charge in [0.05, 0.1) is 5.69 Å². The molecule has 0 atom stereocenters.